The van der Waals surface area contributed by atoms with Crippen LogP contribution in [0.15, 0.2) is 6.07 Å². The number of hydrogen-bond acceptors (Lipinski definition) is 7. The van der Waals surface area contributed by atoms with Crippen LogP contribution in [0.5, 0.6) is 0 Å². The average molecular weight is 267 g/mol. The number of rotatable bonds is 4. The molecule has 0 atom stereocenters. The molecule has 1 aromatic heterocycles. The summed E-state index contributed by atoms with van der Waals surface area (Å²) >= 11 is 0. The molecule has 0 amide bonds. The van der Waals surface area contributed by atoms with Gasteiger partial charge in [-0.3, -0.25) is 0 Å². The number of ether oxygens (including phenoxy) is 2. The van der Waals surface area contributed by atoms with Crippen molar-refractivity contribution >= 4 is 11.6 Å². The molecule has 1 fully saturated rings. The topological polar surface area (TPSA) is 85.5 Å². The standard InChI is InChI=1S/C12H21N5O2/c1-12(2)8-17(4-5-19-12)11-6-9(16-13)14-10(15-11)7-18-3/h6H,4-5,7-8,13H2,1-3H3,(H,14,15,16). The van der Waals surface area contributed by atoms with Crippen LogP contribution < -0.4 is 16.2 Å². The van der Waals surface area contributed by atoms with Crippen LogP contribution in [0.25, 0.3) is 0 Å². The van der Waals surface area contributed by atoms with Crippen LogP contribution in [0, 0.1) is 0 Å². The van der Waals surface area contributed by atoms with Crippen molar-refractivity contribution in [2.45, 2.75) is 26.1 Å². The Morgan fingerprint density at radius 2 is 2.32 bits per heavy atom. The molecule has 1 aromatic rings. The molecule has 0 aromatic carbocycles. The lowest BCUT2D eigenvalue weighted by molar-refractivity contribution is -0.0279. The van der Waals surface area contributed by atoms with Crippen LogP contribution in [0.2, 0.25) is 0 Å². The summed E-state index contributed by atoms with van der Waals surface area (Å²) in [5.41, 5.74) is 2.38. The van der Waals surface area contributed by atoms with Crippen LogP contribution in [0.1, 0.15) is 19.7 Å². The Labute approximate surface area is 113 Å². The first kappa shape index (κ1) is 14.0. The number of nitrogens with two attached hydrogens (primary N) is 1. The van der Waals surface area contributed by atoms with E-state index in [2.05, 4.69) is 34.1 Å². The van der Waals surface area contributed by atoms with Crippen molar-refractivity contribution < 1.29 is 9.47 Å². The number of hydrogen-bond donors (Lipinski definition) is 2. The molecule has 0 saturated carbocycles. The number of methoxy groups -OCH3 is 1. The van der Waals surface area contributed by atoms with E-state index in [1.165, 1.54) is 0 Å². The monoisotopic (exact) mass is 267 g/mol. The Balaban J connectivity index is 2.25. The van der Waals surface area contributed by atoms with Crippen LogP contribution in [0.4, 0.5) is 11.6 Å². The van der Waals surface area contributed by atoms with Gasteiger partial charge in [-0.25, -0.2) is 15.8 Å². The Morgan fingerprint density at radius 3 is 2.95 bits per heavy atom. The Morgan fingerprint density at radius 1 is 1.53 bits per heavy atom. The Kier molecular flexibility index (Phi) is 4.18. The summed E-state index contributed by atoms with van der Waals surface area (Å²) in [6.07, 6.45) is 0. The van der Waals surface area contributed by atoms with Gasteiger partial charge < -0.3 is 19.8 Å². The van der Waals surface area contributed by atoms with Gasteiger partial charge in [-0.15, -0.1) is 0 Å². The number of hydrazine groups is 1. The van der Waals surface area contributed by atoms with Crippen LogP contribution >= 0.6 is 0 Å². The molecule has 2 rings (SSSR count). The SMILES string of the molecule is COCc1nc(NN)cc(N2CCOC(C)(C)C2)n1. The van der Waals surface area contributed by atoms with E-state index in [1.54, 1.807) is 7.11 Å². The highest BCUT2D eigenvalue weighted by molar-refractivity contribution is 5.49. The lowest BCUT2D eigenvalue weighted by atomic mass is 10.1. The van der Waals surface area contributed by atoms with Crippen molar-refractivity contribution in [3.8, 4) is 0 Å². The second-order valence-electron chi connectivity index (χ2n) is 5.13. The van der Waals surface area contributed by atoms with Gasteiger partial charge in [-0.1, -0.05) is 0 Å². The predicted molar refractivity (Wildman–Crippen MR) is 72.8 cm³/mol. The van der Waals surface area contributed by atoms with E-state index in [0.717, 1.165) is 18.9 Å². The summed E-state index contributed by atoms with van der Waals surface area (Å²) in [5.74, 6) is 7.47. The van der Waals surface area contributed by atoms with E-state index >= 15 is 0 Å². The smallest absolute Gasteiger partial charge is 0.158 e. The normalized spacial score (nSPS) is 18.4. The maximum absolute atomic E-state index is 5.70. The fourth-order valence-corrected chi connectivity index (χ4v) is 2.12. The molecule has 1 aliphatic heterocycles. The van der Waals surface area contributed by atoms with Gasteiger partial charge in [0.05, 0.1) is 12.2 Å². The van der Waals surface area contributed by atoms with Crippen molar-refractivity contribution in [2.24, 2.45) is 5.84 Å². The zero-order valence-electron chi connectivity index (χ0n) is 11.6. The highest BCUT2D eigenvalue weighted by Crippen LogP contribution is 2.23. The highest BCUT2D eigenvalue weighted by Gasteiger charge is 2.28. The Bertz CT molecular complexity index is 438. The van der Waals surface area contributed by atoms with E-state index in [-0.39, 0.29) is 5.60 Å². The van der Waals surface area contributed by atoms with Crippen LogP contribution in [-0.2, 0) is 16.1 Å². The number of anilines is 2. The average Bonchev–Trinajstić information content (AvgIpc) is 2.37. The molecule has 2 heterocycles. The van der Waals surface area contributed by atoms with Gasteiger partial charge in [0.1, 0.15) is 18.2 Å². The van der Waals surface area contributed by atoms with E-state index in [0.29, 0.717) is 24.9 Å². The van der Waals surface area contributed by atoms with Crippen molar-refractivity contribution in [1.29, 1.82) is 0 Å². The molecule has 3 N–H and O–H groups in total. The Hall–Kier alpha value is -1.44. The molecule has 0 aliphatic carbocycles. The zero-order valence-corrected chi connectivity index (χ0v) is 11.6. The van der Waals surface area contributed by atoms with E-state index in [4.69, 9.17) is 15.3 Å². The largest absolute Gasteiger partial charge is 0.377 e. The molecular formula is C12H21N5O2. The third-order valence-corrected chi connectivity index (χ3v) is 2.93. The number of morpholine rings is 1. The second-order valence-corrected chi connectivity index (χ2v) is 5.13. The molecule has 106 valence electrons. The molecule has 0 unspecified atom stereocenters. The van der Waals surface area contributed by atoms with Crippen molar-refractivity contribution in [3.63, 3.8) is 0 Å². The van der Waals surface area contributed by atoms with Gasteiger partial charge in [-0.2, -0.15) is 0 Å². The van der Waals surface area contributed by atoms with Crippen molar-refractivity contribution in [1.82, 2.24) is 9.97 Å². The molecule has 7 heteroatoms. The molecule has 7 nitrogen and oxygen atoms in total. The first-order chi connectivity index (χ1) is 9.04. The number of nitrogens with one attached hydrogen (secondary N) is 1. The van der Waals surface area contributed by atoms with Gasteiger partial charge in [0, 0.05) is 26.3 Å². The van der Waals surface area contributed by atoms with Crippen molar-refractivity contribution in [2.75, 3.05) is 37.1 Å². The summed E-state index contributed by atoms with van der Waals surface area (Å²) < 4.78 is 10.8. The highest BCUT2D eigenvalue weighted by atomic mass is 16.5. The molecular weight excluding hydrogens is 246 g/mol. The number of aromatic nitrogens is 2. The minimum atomic E-state index is -0.180. The maximum Gasteiger partial charge on any atom is 0.158 e. The third-order valence-electron chi connectivity index (χ3n) is 2.93. The minimum Gasteiger partial charge on any atom is -0.377 e. The summed E-state index contributed by atoms with van der Waals surface area (Å²) in [4.78, 5) is 10.9. The molecule has 1 saturated heterocycles. The summed E-state index contributed by atoms with van der Waals surface area (Å²) in [7, 11) is 1.61. The fraction of sp³-hybridized carbons (Fsp3) is 0.667. The summed E-state index contributed by atoms with van der Waals surface area (Å²) in [6.45, 7) is 6.76. The van der Waals surface area contributed by atoms with Gasteiger partial charge >= 0.3 is 0 Å². The van der Waals surface area contributed by atoms with E-state index < -0.39 is 0 Å². The summed E-state index contributed by atoms with van der Waals surface area (Å²) in [6, 6.07) is 1.83. The third kappa shape index (κ3) is 3.52. The molecule has 0 bridgehead atoms. The molecule has 19 heavy (non-hydrogen) atoms. The van der Waals surface area contributed by atoms with Gasteiger partial charge in [0.25, 0.3) is 0 Å². The second kappa shape index (κ2) is 5.68. The first-order valence-electron chi connectivity index (χ1n) is 6.26. The lowest BCUT2D eigenvalue weighted by Crippen LogP contribution is -2.48. The van der Waals surface area contributed by atoms with E-state index in [1.807, 2.05) is 6.07 Å². The maximum atomic E-state index is 5.70. The van der Waals surface area contributed by atoms with Crippen molar-refractivity contribution in [3.05, 3.63) is 11.9 Å². The predicted octanol–water partition coefficient (Wildman–Crippen LogP) is 0.524. The van der Waals surface area contributed by atoms with Crippen LogP contribution in [0.3, 0.4) is 0 Å². The number of nitrogens with zero attached hydrogens (tertiary/aromatic N) is 3. The number of nitrogen functional groups attached to an aromatic ring is 1. The van der Waals surface area contributed by atoms with Gasteiger partial charge in [-0.05, 0) is 13.8 Å². The quantitative estimate of drug-likeness (QED) is 0.607. The minimum absolute atomic E-state index is 0.180. The van der Waals surface area contributed by atoms with Gasteiger partial charge in [0.2, 0.25) is 0 Å². The first-order valence-corrected chi connectivity index (χ1v) is 6.26. The zero-order chi connectivity index (χ0) is 13.9. The molecule has 0 radical (unpaired) electrons. The van der Waals surface area contributed by atoms with E-state index in [9.17, 15) is 0 Å². The van der Waals surface area contributed by atoms with Gasteiger partial charge in [0.15, 0.2) is 5.82 Å². The molecule has 1 aliphatic rings. The van der Waals surface area contributed by atoms with Crippen LogP contribution in [-0.4, -0.2) is 42.4 Å². The molecule has 0 spiro atoms. The summed E-state index contributed by atoms with van der Waals surface area (Å²) in [5, 5.41) is 0. The fourth-order valence-electron chi connectivity index (χ4n) is 2.12. The lowest BCUT2D eigenvalue weighted by Gasteiger charge is -2.38.